The summed E-state index contributed by atoms with van der Waals surface area (Å²) in [6.45, 7) is 10.6. The molecule has 2 saturated heterocycles. The lowest BCUT2D eigenvalue weighted by atomic mass is 9.66. The van der Waals surface area contributed by atoms with Crippen molar-refractivity contribution in [2.24, 2.45) is 17.8 Å². The molecule has 0 radical (unpaired) electrons. The molecule has 0 bridgehead atoms. The molecule has 2 heterocycles. The zero-order valence-electron chi connectivity index (χ0n) is 14.9. The second-order valence-electron chi connectivity index (χ2n) is 7.49. The second-order valence-corrected chi connectivity index (χ2v) is 8.35. The number of allylic oxidation sites excluding steroid dienone is 2. The van der Waals surface area contributed by atoms with E-state index >= 15 is 0 Å². The fraction of sp³-hybridized carbons (Fsp3) is 0.524. The normalized spacial score (nSPS) is 40.2. The Kier molecular flexibility index (Phi) is 4.65. The summed E-state index contributed by atoms with van der Waals surface area (Å²) in [5, 5.41) is 0. The van der Waals surface area contributed by atoms with Crippen molar-refractivity contribution in [2.75, 3.05) is 0 Å². The standard InChI is InChI=1S/C21H25BrO3/c1-11(2)14-10-9-12(3)17-18(14)19(15-7-5-6-8-16(15)22)25-20(17)21-23-13(4)24-21/h5-9,13-14,17-21H,1,10H2,2-4H3. The van der Waals surface area contributed by atoms with Gasteiger partial charge in [0.1, 0.15) is 6.10 Å². The van der Waals surface area contributed by atoms with Crippen LogP contribution < -0.4 is 0 Å². The Morgan fingerprint density at radius 3 is 2.56 bits per heavy atom. The summed E-state index contributed by atoms with van der Waals surface area (Å²) >= 11 is 3.71. The topological polar surface area (TPSA) is 27.7 Å². The SMILES string of the molecule is C=C(C)C1CC=C(C)C2C(C3OC(C)O3)OC(c3ccccc3Br)C12. The van der Waals surface area contributed by atoms with Gasteiger partial charge in [0, 0.05) is 16.3 Å². The van der Waals surface area contributed by atoms with Crippen LogP contribution >= 0.6 is 15.9 Å². The van der Waals surface area contributed by atoms with Crippen LogP contribution in [0.25, 0.3) is 0 Å². The Balaban J connectivity index is 1.75. The van der Waals surface area contributed by atoms with Crippen molar-refractivity contribution in [3.63, 3.8) is 0 Å². The lowest BCUT2D eigenvalue weighted by Gasteiger charge is -2.41. The average molecular weight is 405 g/mol. The number of rotatable bonds is 3. The van der Waals surface area contributed by atoms with Crippen molar-refractivity contribution < 1.29 is 14.2 Å². The van der Waals surface area contributed by atoms with Crippen LogP contribution in [0.15, 0.2) is 52.5 Å². The smallest absolute Gasteiger partial charge is 0.190 e. The molecule has 134 valence electrons. The molecule has 1 aromatic rings. The Labute approximate surface area is 158 Å². The fourth-order valence-corrected chi connectivity index (χ4v) is 5.18. The highest BCUT2D eigenvalue weighted by molar-refractivity contribution is 9.10. The Morgan fingerprint density at radius 1 is 1.20 bits per heavy atom. The molecule has 0 spiro atoms. The number of ether oxygens (including phenoxy) is 3. The monoisotopic (exact) mass is 404 g/mol. The molecule has 0 saturated carbocycles. The minimum atomic E-state index is -0.276. The lowest BCUT2D eigenvalue weighted by Crippen LogP contribution is -2.50. The van der Waals surface area contributed by atoms with E-state index in [1.54, 1.807) is 0 Å². The van der Waals surface area contributed by atoms with Gasteiger partial charge in [0.25, 0.3) is 0 Å². The van der Waals surface area contributed by atoms with Crippen LogP contribution in [0, 0.1) is 17.8 Å². The molecule has 0 aromatic heterocycles. The van der Waals surface area contributed by atoms with Gasteiger partial charge in [0.05, 0.1) is 6.10 Å². The summed E-state index contributed by atoms with van der Waals surface area (Å²) in [6, 6.07) is 8.36. The molecule has 3 nitrogen and oxygen atoms in total. The minimum absolute atomic E-state index is 0.0130. The maximum absolute atomic E-state index is 6.62. The molecule has 3 aliphatic rings. The minimum Gasteiger partial charge on any atom is -0.364 e. The molecule has 0 N–H and O–H groups in total. The maximum atomic E-state index is 6.62. The number of hydrogen-bond acceptors (Lipinski definition) is 3. The van der Waals surface area contributed by atoms with Gasteiger partial charge >= 0.3 is 0 Å². The van der Waals surface area contributed by atoms with E-state index in [2.05, 4.69) is 60.6 Å². The van der Waals surface area contributed by atoms with Crippen LogP contribution in [0.2, 0.25) is 0 Å². The Bertz CT molecular complexity index is 707. The van der Waals surface area contributed by atoms with Crippen molar-refractivity contribution in [1.29, 1.82) is 0 Å². The van der Waals surface area contributed by atoms with Gasteiger partial charge in [-0.1, -0.05) is 57.9 Å². The van der Waals surface area contributed by atoms with Gasteiger partial charge in [-0.05, 0) is 44.7 Å². The molecule has 2 fully saturated rings. The molecule has 4 rings (SSSR count). The van der Waals surface area contributed by atoms with Crippen molar-refractivity contribution in [3.05, 3.63) is 58.1 Å². The average Bonchev–Trinajstić information content (AvgIpc) is 2.93. The first-order chi connectivity index (χ1) is 12.0. The van der Waals surface area contributed by atoms with Gasteiger partial charge < -0.3 is 14.2 Å². The van der Waals surface area contributed by atoms with Crippen LogP contribution in [0.3, 0.4) is 0 Å². The van der Waals surface area contributed by atoms with Gasteiger partial charge in [-0.2, -0.15) is 0 Å². The molecule has 5 atom stereocenters. The van der Waals surface area contributed by atoms with Gasteiger partial charge in [-0.3, -0.25) is 0 Å². The van der Waals surface area contributed by atoms with Crippen LogP contribution in [0.1, 0.15) is 38.9 Å². The first-order valence-electron chi connectivity index (χ1n) is 9.00. The molecule has 2 aliphatic heterocycles. The predicted octanol–water partition coefficient (Wildman–Crippen LogP) is 5.38. The molecule has 0 amide bonds. The molecular formula is C21H25BrO3. The van der Waals surface area contributed by atoms with Crippen LogP contribution in [0.5, 0.6) is 0 Å². The lowest BCUT2D eigenvalue weighted by molar-refractivity contribution is -0.402. The third-order valence-electron chi connectivity index (χ3n) is 5.87. The largest absolute Gasteiger partial charge is 0.364 e. The molecule has 5 unspecified atom stereocenters. The summed E-state index contributed by atoms with van der Waals surface area (Å²) in [5.41, 5.74) is 3.81. The van der Waals surface area contributed by atoms with Crippen LogP contribution in [-0.2, 0) is 14.2 Å². The van der Waals surface area contributed by atoms with Crippen LogP contribution in [0.4, 0.5) is 0 Å². The summed E-state index contributed by atoms with van der Waals surface area (Å²) in [5.74, 6) is 1.06. The highest BCUT2D eigenvalue weighted by Gasteiger charge is 2.55. The molecule has 1 aromatic carbocycles. The molecule has 1 aliphatic carbocycles. The van der Waals surface area contributed by atoms with E-state index < -0.39 is 0 Å². The van der Waals surface area contributed by atoms with Crippen molar-refractivity contribution in [2.45, 2.75) is 52.0 Å². The second kappa shape index (κ2) is 6.66. The molecular weight excluding hydrogens is 380 g/mol. The number of benzene rings is 1. The summed E-state index contributed by atoms with van der Waals surface area (Å²) in [4.78, 5) is 0. The van der Waals surface area contributed by atoms with Crippen LogP contribution in [-0.4, -0.2) is 18.7 Å². The molecule has 25 heavy (non-hydrogen) atoms. The predicted molar refractivity (Wildman–Crippen MR) is 101 cm³/mol. The van der Waals surface area contributed by atoms with Gasteiger partial charge in [0.2, 0.25) is 0 Å². The first kappa shape index (κ1) is 17.5. The van der Waals surface area contributed by atoms with E-state index in [0.29, 0.717) is 17.8 Å². The summed E-state index contributed by atoms with van der Waals surface area (Å²) < 4.78 is 19.4. The Hall–Kier alpha value is -0.940. The Morgan fingerprint density at radius 2 is 1.92 bits per heavy atom. The highest BCUT2D eigenvalue weighted by Crippen LogP contribution is 2.56. The van der Waals surface area contributed by atoms with Crippen molar-refractivity contribution >= 4 is 15.9 Å². The van der Waals surface area contributed by atoms with Crippen molar-refractivity contribution in [1.82, 2.24) is 0 Å². The van der Waals surface area contributed by atoms with Gasteiger partial charge in [-0.25, -0.2) is 0 Å². The molecule has 4 heteroatoms. The quantitative estimate of drug-likeness (QED) is 0.632. The van der Waals surface area contributed by atoms with E-state index in [4.69, 9.17) is 14.2 Å². The summed E-state index contributed by atoms with van der Waals surface area (Å²) in [6.07, 6.45) is 2.90. The number of hydrogen-bond donors (Lipinski definition) is 0. The third-order valence-corrected chi connectivity index (χ3v) is 6.59. The fourth-order valence-electron chi connectivity index (χ4n) is 4.67. The van der Waals surface area contributed by atoms with E-state index in [9.17, 15) is 0 Å². The van der Waals surface area contributed by atoms with E-state index in [1.165, 1.54) is 16.7 Å². The van der Waals surface area contributed by atoms with Crippen molar-refractivity contribution in [3.8, 4) is 0 Å². The maximum Gasteiger partial charge on any atom is 0.190 e. The highest BCUT2D eigenvalue weighted by atomic mass is 79.9. The number of fused-ring (bicyclic) bond motifs is 1. The zero-order valence-corrected chi connectivity index (χ0v) is 16.5. The zero-order chi connectivity index (χ0) is 17.7. The summed E-state index contributed by atoms with van der Waals surface area (Å²) in [7, 11) is 0. The van der Waals surface area contributed by atoms with E-state index in [0.717, 1.165) is 10.9 Å². The van der Waals surface area contributed by atoms with E-state index in [1.807, 2.05) is 13.0 Å². The van der Waals surface area contributed by atoms with Gasteiger partial charge in [0.15, 0.2) is 12.6 Å². The third kappa shape index (κ3) is 2.93. The number of halogens is 1. The first-order valence-corrected chi connectivity index (χ1v) is 9.79. The van der Waals surface area contributed by atoms with Gasteiger partial charge in [-0.15, -0.1) is 0 Å². The van der Waals surface area contributed by atoms with E-state index in [-0.39, 0.29) is 24.8 Å².